The van der Waals surface area contributed by atoms with Gasteiger partial charge in [-0.2, -0.15) is 0 Å². The van der Waals surface area contributed by atoms with Crippen LogP contribution in [0.3, 0.4) is 0 Å². The number of benzene rings is 2. The summed E-state index contributed by atoms with van der Waals surface area (Å²) in [5.74, 6) is 0.241. The first-order chi connectivity index (χ1) is 12.0. The number of nitrogens with one attached hydrogen (secondary N) is 2. The number of carbonyl (C=O) groups excluding carboxylic acids is 1. The summed E-state index contributed by atoms with van der Waals surface area (Å²) >= 11 is 5.91. The average molecular weight is 353 g/mol. The standard InChI is InChI=1S/C19H17ClN4O/c1-12-5-3-6-13(2)18(12)24-17-11-21-16(10-22-17)19(25)23-15-8-4-7-14(20)9-15/h3-11H,1-2H3,(H,22,24)(H,23,25). The Morgan fingerprint density at radius 2 is 1.72 bits per heavy atom. The molecule has 0 aliphatic carbocycles. The SMILES string of the molecule is Cc1cccc(C)c1Nc1cnc(C(=O)Nc2cccc(Cl)c2)cn1. The summed E-state index contributed by atoms with van der Waals surface area (Å²) < 4.78 is 0. The Morgan fingerprint density at radius 1 is 1.00 bits per heavy atom. The number of nitrogens with zero attached hydrogens (tertiary/aromatic N) is 2. The molecule has 0 radical (unpaired) electrons. The highest BCUT2D eigenvalue weighted by molar-refractivity contribution is 6.30. The first kappa shape index (κ1) is 16.9. The highest BCUT2D eigenvalue weighted by atomic mass is 35.5. The highest BCUT2D eigenvalue weighted by Gasteiger charge is 2.10. The van der Waals surface area contributed by atoms with Crippen LogP contribution in [-0.4, -0.2) is 15.9 Å². The maximum absolute atomic E-state index is 12.2. The van der Waals surface area contributed by atoms with Crippen LogP contribution >= 0.6 is 11.6 Å². The van der Waals surface area contributed by atoms with E-state index in [-0.39, 0.29) is 11.6 Å². The lowest BCUT2D eigenvalue weighted by atomic mass is 10.1. The number of aryl methyl sites for hydroxylation is 2. The predicted molar refractivity (Wildman–Crippen MR) is 101 cm³/mol. The number of para-hydroxylation sites is 1. The monoisotopic (exact) mass is 352 g/mol. The molecule has 0 bridgehead atoms. The number of anilines is 3. The van der Waals surface area contributed by atoms with Crippen LogP contribution in [0.1, 0.15) is 21.6 Å². The van der Waals surface area contributed by atoms with Crippen LogP contribution in [0.25, 0.3) is 0 Å². The zero-order chi connectivity index (χ0) is 17.8. The number of rotatable bonds is 4. The van der Waals surface area contributed by atoms with E-state index in [1.165, 1.54) is 6.20 Å². The van der Waals surface area contributed by atoms with Crippen molar-refractivity contribution in [2.75, 3.05) is 10.6 Å². The van der Waals surface area contributed by atoms with E-state index >= 15 is 0 Å². The lowest BCUT2D eigenvalue weighted by Gasteiger charge is -2.11. The van der Waals surface area contributed by atoms with Crippen molar-refractivity contribution in [3.05, 3.63) is 76.7 Å². The Kier molecular flexibility index (Phi) is 4.95. The summed E-state index contributed by atoms with van der Waals surface area (Å²) in [6.45, 7) is 4.05. The molecule has 1 aromatic heterocycles. The molecule has 5 nitrogen and oxygen atoms in total. The molecule has 2 N–H and O–H groups in total. The number of aromatic nitrogens is 2. The van der Waals surface area contributed by atoms with Gasteiger partial charge < -0.3 is 10.6 Å². The summed E-state index contributed by atoms with van der Waals surface area (Å²) in [5.41, 5.74) is 4.06. The fourth-order valence-electron chi connectivity index (χ4n) is 2.41. The molecule has 0 aliphatic rings. The van der Waals surface area contributed by atoms with E-state index < -0.39 is 0 Å². The third kappa shape index (κ3) is 4.14. The lowest BCUT2D eigenvalue weighted by molar-refractivity contribution is 0.102. The smallest absolute Gasteiger partial charge is 0.275 e. The van der Waals surface area contributed by atoms with E-state index in [1.807, 2.05) is 32.0 Å². The second-order valence-corrected chi connectivity index (χ2v) is 6.08. The number of carbonyl (C=O) groups is 1. The highest BCUT2D eigenvalue weighted by Crippen LogP contribution is 2.23. The van der Waals surface area contributed by atoms with Crippen LogP contribution in [0.5, 0.6) is 0 Å². The molecule has 1 heterocycles. The van der Waals surface area contributed by atoms with Gasteiger partial charge in [0.15, 0.2) is 0 Å². The number of hydrogen-bond acceptors (Lipinski definition) is 4. The molecule has 1 amide bonds. The van der Waals surface area contributed by atoms with E-state index in [1.54, 1.807) is 30.5 Å². The van der Waals surface area contributed by atoms with Gasteiger partial charge >= 0.3 is 0 Å². The van der Waals surface area contributed by atoms with Crippen molar-refractivity contribution in [3.8, 4) is 0 Å². The van der Waals surface area contributed by atoms with Gasteiger partial charge in [-0.1, -0.05) is 35.9 Å². The second kappa shape index (κ2) is 7.32. The minimum atomic E-state index is -0.339. The Morgan fingerprint density at radius 3 is 2.36 bits per heavy atom. The van der Waals surface area contributed by atoms with Gasteiger partial charge in [0.2, 0.25) is 0 Å². The Hall–Kier alpha value is -2.92. The van der Waals surface area contributed by atoms with Crippen molar-refractivity contribution in [2.24, 2.45) is 0 Å². The normalized spacial score (nSPS) is 10.4. The van der Waals surface area contributed by atoms with Gasteiger partial charge in [0.1, 0.15) is 11.5 Å². The molecule has 6 heteroatoms. The quantitative estimate of drug-likeness (QED) is 0.711. The van der Waals surface area contributed by atoms with Crippen molar-refractivity contribution in [1.82, 2.24) is 9.97 Å². The topological polar surface area (TPSA) is 66.9 Å². The van der Waals surface area contributed by atoms with Gasteiger partial charge in [0, 0.05) is 16.4 Å². The molecule has 3 rings (SSSR count). The molecule has 0 aliphatic heterocycles. The maximum Gasteiger partial charge on any atom is 0.275 e. The molecular weight excluding hydrogens is 336 g/mol. The van der Waals surface area contributed by atoms with Crippen molar-refractivity contribution in [1.29, 1.82) is 0 Å². The van der Waals surface area contributed by atoms with E-state index in [9.17, 15) is 4.79 Å². The third-order valence-electron chi connectivity index (χ3n) is 3.70. The molecule has 0 saturated heterocycles. The fourth-order valence-corrected chi connectivity index (χ4v) is 2.60. The predicted octanol–water partition coefficient (Wildman–Crippen LogP) is 4.74. The van der Waals surface area contributed by atoms with Crippen molar-refractivity contribution in [2.45, 2.75) is 13.8 Å². The van der Waals surface area contributed by atoms with Crippen LogP contribution in [0, 0.1) is 13.8 Å². The van der Waals surface area contributed by atoms with Crippen molar-refractivity contribution < 1.29 is 4.79 Å². The number of hydrogen-bond donors (Lipinski definition) is 2. The Labute approximate surface area is 151 Å². The van der Waals surface area contributed by atoms with E-state index in [0.717, 1.165) is 16.8 Å². The molecular formula is C19H17ClN4O. The minimum absolute atomic E-state index is 0.229. The van der Waals surface area contributed by atoms with Crippen LogP contribution in [0.4, 0.5) is 17.2 Å². The summed E-state index contributed by atoms with van der Waals surface area (Å²) in [4.78, 5) is 20.7. The summed E-state index contributed by atoms with van der Waals surface area (Å²) in [7, 11) is 0. The molecule has 126 valence electrons. The third-order valence-corrected chi connectivity index (χ3v) is 3.94. The second-order valence-electron chi connectivity index (χ2n) is 5.64. The summed E-state index contributed by atoms with van der Waals surface area (Å²) in [6.07, 6.45) is 2.98. The van der Waals surface area contributed by atoms with E-state index in [4.69, 9.17) is 11.6 Å². The number of halogens is 1. The van der Waals surface area contributed by atoms with Crippen molar-refractivity contribution >= 4 is 34.7 Å². The molecule has 0 unspecified atom stereocenters. The molecule has 0 spiro atoms. The van der Waals surface area contributed by atoms with Gasteiger partial charge in [-0.05, 0) is 43.2 Å². The minimum Gasteiger partial charge on any atom is -0.339 e. The fraction of sp³-hybridized carbons (Fsp3) is 0.105. The van der Waals surface area contributed by atoms with Gasteiger partial charge in [0.05, 0.1) is 12.4 Å². The zero-order valence-electron chi connectivity index (χ0n) is 13.9. The van der Waals surface area contributed by atoms with Crippen LogP contribution in [0.2, 0.25) is 5.02 Å². The molecule has 0 atom stereocenters. The van der Waals surface area contributed by atoms with Crippen LogP contribution in [-0.2, 0) is 0 Å². The van der Waals surface area contributed by atoms with Crippen LogP contribution in [0.15, 0.2) is 54.9 Å². The summed E-state index contributed by atoms with van der Waals surface area (Å²) in [6, 6.07) is 13.0. The Bertz CT molecular complexity index is 889. The van der Waals surface area contributed by atoms with Crippen molar-refractivity contribution in [3.63, 3.8) is 0 Å². The molecule has 25 heavy (non-hydrogen) atoms. The van der Waals surface area contributed by atoms with Gasteiger partial charge in [-0.25, -0.2) is 9.97 Å². The van der Waals surface area contributed by atoms with Gasteiger partial charge in [0.25, 0.3) is 5.91 Å². The van der Waals surface area contributed by atoms with Gasteiger partial charge in [-0.15, -0.1) is 0 Å². The zero-order valence-corrected chi connectivity index (χ0v) is 14.6. The average Bonchev–Trinajstić information content (AvgIpc) is 2.59. The molecule has 3 aromatic rings. The largest absolute Gasteiger partial charge is 0.339 e. The van der Waals surface area contributed by atoms with E-state index in [0.29, 0.717) is 16.5 Å². The lowest BCUT2D eigenvalue weighted by Crippen LogP contribution is -2.14. The molecule has 2 aromatic carbocycles. The Balaban J connectivity index is 1.72. The van der Waals surface area contributed by atoms with Gasteiger partial charge in [-0.3, -0.25) is 4.79 Å². The summed E-state index contributed by atoms with van der Waals surface area (Å²) in [5, 5.41) is 6.53. The van der Waals surface area contributed by atoms with Crippen LogP contribution < -0.4 is 10.6 Å². The maximum atomic E-state index is 12.2. The first-order valence-corrected chi connectivity index (χ1v) is 8.13. The van der Waals surface area contributed by atoms with E-state index in [2.05, 4.69) is 20.6 Å². The molecule has 0 fully saturated rings. The number of amides is 1. The first-order valence-electron chi connectivity index (χ1n) is 7.75. The molecule has 0 saturated carbocycles.